The van der Waals surface area contributed by atoms with Gasteiger partial charge in [-0.1, -0.05) is 6.07 Å². The van der Waals surface area contributed by atoms with Gasteiger partial charge in [0.05, 0.1) is 6.61 Å². The minimum atomic E-state index is -1.03. The van der Waals surface area contributed by atoms with Crippen molar-refractivity contribution in [2.24, 2.45) is 0 Å². The number of nitrogens with zero attached hydrogens (tertiary/aromatic N) is 1. The van der Waals surface area contributed by atoms with E-state index in [9.17, 15) is 9.59 Å². The topological polar surface area (TPSA) is 76.1 Å². The van der Waals surface area contributed by atoms with E-state index >= 15 is 0 Å². The molecule has 2 aromatic carbocycles. The van der Waals surface area contributed by atoms with Gasteiger partial charge >= 0.3 is 5.97 Å². The third kappa shape index (κ3) is 6.33. The molecule has 0 aliphatic carbocycles. The number of carbonyl (C=O) groups is 2. The van der Waals surface area contributed by atoms with Gasteiger partial charge in [0, 0.05) is 19.2 Å². The molecule has 0 saturated carbocycles. The van der Waals surface area contributed by atoms with Gasteiger partial charge in [-0.25, -0.2) is 4.79 Å². The second-order valence-electron chi connectivity index (χ2n) is 6.33. The molecule has 2 rings (SSSR count). The standard InChI is InChI=1S/C21H25NO5/c1-15-6-9-19(13-16(15)2)26-12-4-5-20(23)22(3)17-7-10-18(11-8-17)27-14-21(24)25/h6-11,13H,4-5,12,14H2,1-3H3,(H,24,25). The van der Waals surface area contributed by atoms with Crippen LogP contribution in [-0.4, -0.2) is 37.2 Å². The van der Waals surface area contributed by atoms with Crippen molar-refractivity contribution in [3.63, 3.8) is 0 Å². The van der Waals surface area contributed by atoms with Crippen molar-refractivity contribution >= 4 is 17.6 Å². The minimum Gasteiger partial charge on any atom is -0.494 e. The fraction of sp³-hybridized carbons (Fsp3) is 0.333. The second kappa shape index (κ2) is 9.62. The predicted octanol–water partition coefficient (Wildman–Crippen LogP) is 3.59. The van der Waals surface area contributed by atoms with Crippen LogP contribution >= 0.6 is 0 Å². The van der Waals surface area contributed by atoms with Crippen molar-refractivity contribution in [1.29, 1.82) is 0 Å². The average molecular weight is 371 g/mol. The van der Waals surface area contributed by atoms with Crippen LogP contribution in [0.15, 0.2) is 42.5 Å². The van der Waals surface area contributed by atoms with Crippen molar-refractivity contribution in [1.82, 2.24) is 0 Å². The molecule has 144 valence electrons. The second-order valence-corrected chi connectivity index (χ2v) is 6.33. The summed E-state index contributed by atoms with van der Waals surface area (Å²) in [6, 6.07) is 12.7. The lowest BCUT2D eigenvalue weighted by Crippen LogP contribution is -2.26. The average Bonchev–Trinajstić information content (AvgIpc) is 2.66. The van der Waals surface area contributed by atoms with Gasteiger partial charge in [-0.05, 0) is 67.8 Å². The highest BCUT2D eigenvalue weighted by Gasteiger charge is 2.11. The van der Waals surface area contributed by atoms with Gasteiger partial charge < -0.3 is 19.5 Å². The first-order chi connectivity index (χ1) is 12.9. The molecule has 0 aromatic heterocycles. The molecular weight excluding hydrogens is 346 g/mol. The number of ether oxygens (including phenoxy) is 2. The number of anilines is 1. The summed E-state index contributed by atoms with van der Waals surface area (Å²) in [4.78, 5) is 24.4. The molecule has 27 heavy (non-hydrogen) atoms. The van der Waals surface area contributed by atoms with Crippen LogP contribution in [0.2, 0.25) is 0 Å². The first-order valence-corrected chi connectivity index (χ1v) is 8.78. The molecule has 0 aliphatic rings. The summed E-state index contributed by atoms with van der Waals surface area (Å²) in [7, 11) is 1.71. The van der Waals surface area contributed by atoms with Crippen LogP contribution in [0.1, 0.15) is 24.0 Å². The van der Waals surface area contributed by atoms with E-state index in [-0.39, 0.29) is 5.91 Å². The number of amides is 1. The van der Waals surface area contributed by atoms with E-state index in [0.717, 1.165) is 11.4 Å². The fourth-order valence-electron chi connectivity index (χ4n) is 2.44. The van der Waals surface area contributed by atoms with Gasteiger partial charge in [-0.2, -0.15) is 0 Å². The molecule has 0 aliphatic heterocycles. The minimum absolute atomic E-state index is 0.0158. The lowest BCUT2D eigenvalue weighted by Gasteiger charge is -2.18. The lowest BCUT2D eigenvalue weighted by atomic mass is 10.1. The van der Waals surface area contributed by atoms with E-state index in [4.69, 9.17) is 14.6 Å². The number of carboxylic acid groups (broad SMARTS) is 1. The number of benzene rings is 2. The zero-order valence-electron chi connectivity index (χ0n) is 15.9. The Hall–Kier alpha value is -3.02. The maximum absolute atomic E-state index is 12.3. The van der Waals surface area contributed by atoms with E-state index in [0.29, 0.717) is 25.2 Å². The molecule has 1 amide bonds. The van der Waals surface area contributed by atoms with Crippen molar-refractivity contribution in [2.45, 2.75) is 26.7 Å². The van der Waals surface area contributed by atoms with E-state index in [1.54, 1.807) is 36.2 Å². The normalized spacial score (nSPS) is 10.3. The van der Waals surface area contributed by atoms with Crippen LogP contribution in [0, 0.1) is 13.8 Å². The molecule has 0 heterocycles. The van der Waals surface area contributed by atoms with Crippen LogP contribution in [0.25, 0.3) is 0 Å². The molecular formula is C21H25NO5. The summed E-state index contributed by atoms with van der Waals surface area (Å²) in [5, 5.41) is 8.60. The summed E-state index contributed by atoms with van der Waals surface area (Å²) >= 11 is 0. The lowest BCUT2D eigenvalue weighted by molar-refractivity contribution is -0.139. The van der Waals surface area contributed by atoms with Crippen LogP contribution < -0.4 is 14.4 Å². The van der Waals surface area contributed by atoms with Gasteiger partial charge in [0.25, 0.3) is 0 Å². The first kappa shape index (κ1) is 20.3. The zero-order valence-corrected chi connectivity index (χ0v) is 15.9. The van der Waals surface area contributed by atoms with E-state index in [1.807, 2.05) is 25.1 Å². The van der Waals surface area contributed by atoms with Crippen LogP contribution in [0.4, 0.5) is 5.69 Å². The number of hydrogen-bond acceptors (Lipinski definition) is 4. The largest absolute Gasteiger partial charge is 0.494 e. The Bertz CT molecular complexity index is 786. The Kier molecular flexibility index (Phi) is 7.23. The summed E-state index contributed by atoms with van der Waals surface area (Å²) in [5.74, 6) is 0.215. The highest BCUT2D eigenvalue weighted by molar-refractivity contribution is 5.92. The molecule has 0 radical (unpaired) electrons. The van der Waals surface area contributed by atoms with E-state index in [2.05, 4.69) is 6.92 Å². The Morgan fingerprint density at radius 3 is 2.26 bits per heavy atom. The summed E-state index contributed by atoms with van der Waals surface area (Å²) in [5.41, 5.74) is 3.12. The molecule has 0 unspecified atom stereocenters. The molecule has 0 atom stereocenters. The smallest absolute Gasteiger partial charge is 0.341 e. The summed E-state index contributed by atoms with van der Waals surface area (Å²) < 4.78 is 10.8. The SMILES string of the molecule is Cc1ccc(OCCCC(=O)N(C)c2ccc(OCC(=O)O)cc2)cc1C. The monoisotopic (exact) mass is 371 g/mol. The predicted molar refractivity (Wildman–Crippen MR) is 104 cm³/mol. The van der Waals surface area contributed by atoms with E-state index in [1.165, 1.54) is 11.1 Å². The zero-order chi connectivity index (χ0) is 19.8. The van der Waals surface area contributed by atoms with Crippen molar-refractivity contribution in [3.05, 3.63) is 53.6 Å². The van der Waals surface area contributed by atoms with Gasteiger partial charge in [0.1, 0.15) is 11.5 Å². The fourth-order valence-corrected chi connectivity index (χ4v) is 2.44. The molecule has 1 N–H and O–H groups in total. The number of aliphatic carboxylic acids is 1. The maximum Gasteiger partial charge on any atom is 0.341 e. The number of hydrogen-bond donors (Lipinski definition) is 1. The molecule has 2 aromatic rings. The Morgan fingerprint density at radius 2 is 1.63 bits per heavy atom. The molecule has 6 heteroatoms. The third-order valence-electron chi connectivity index (χ3n) is 4.24. The van der Waals surface area contributed by atoms with Gasteiger partial charge in [0.15, 0.2) is 6.61 Å². The van der Waals surface area contributed by atoms with Gasteiger partial charge in [-0.15, -0.1) is 0 Å². The van der Waals surface area contributed by atoms with Crippen LogP contribution in [0.3, 0.4) is 0 Å². The highest BCUT2D eigenvalue weighted by Crippen LogP contribution is 2.20. The Labute approximate surface area is 159 Å². The van der Waals surface area contributed by atoms with E-state index < -0.39 is 12.6 Å². The van der Waals surface area contributed by atoms with Crippen molar-refractivity contribution in [2.75, 3.05) is 25.2 Å². The third-order valence-corrected chi connectivity index (χ3v) is 4.24. The highest BCUT2D eigenvalue weighted by atomic mass is 16.5. The van der Waals surface area contributed by atoms with Gasteiger partial charge in [-0.3, -0.25) is 4.79 Å². The number of rotatable bonds is 9. The summed E-state index contributed by atoms with van der Waals surface area (Å²) in [6.45, 7) is 4.18. The maximum atomic E-state index is 12.3. The Morgan fingerprint density at radius 1 is 0.963 bits per heavy atom. The molecule has 0 fully saturated rings. The number of carboxylic acids is 1. The van der Waals surface area contributed by atoms with Gasteiger partial charge in [0.2, 0.25) is 5.91 Å². The first-order valence-electron chi connectivity index (χ1n) is 8.78. The van der Waals surface area contributed by atoms with Crippen LogP contribution in [-0.2, 0) is 9.59 Å². The summed E-state index contributed by atoms with van der Waals surface area (Å²) in [6.07, 6.45) is 0.995. The molecule has 0 bridgehead atoms. The molecule has 0 saturated heterocycles. The molecule has 0 spiro atoms. The van der Waals surface area contributed by atoms with Crippen LogP contribution in [0.5, 0.6) is 11.5 Å². The van der Waals surface area contributed by atoms with Crippen molar-refractivity contribution in [3.8, 4) is 11.5 Å². The number of aryl methyl sites for hydroxylation is 2. The quantitative estimate of drug-likeness (QED) is 0.682. The van der Waals surface area contributed by atoms with Crippen molar-refractivity contribution < 1.29 is 24.2 Å². The number of carbonyl (C=O) groups excluding carboxylic acids is 1. The Balaban J connectivity index is 1.77. The molecule has 6 nitrogen and oxygen atoms in total.